The average Bonchev–Trinajstić information content (AvgIpc) is 3.13. The standard InChI is InChI=1S/C21H25N3O3/c25-13-12-24(11-9-17-2-1-10-22-15-17)20-7-5-18-14-16(3-6-19(18)20)4-8-21(26)23-27/h1-4,6,8,10,14-15,20,25,27H,5,7,9,11-13H2,(H,23,26). The van der Waals surface area contributed by atoms with E-state index in [-0.39, 0.29) is 6.61 Å². The summed E-state index contributed by atoms with van der Waals surface area (Å²) in [5, 5.41) is 18.1. The lowest BCUT2D eigenvalue weighted by Gasteiger charge is -2.29. The summed E-state index contributed by atoms with van der Waals surface area (Å²) in [4.78, 5) is 17.6. The van der Waals surface area contributed by atoms with Crippen LogP contribution < -0.4 is 5.48 Å². The summed E-state index contributed by atoms with van der Waals surface area (Å²) in [6.45, 7) is 1.65. The molecule has 3 rings (SSSR count). The Morgan fingerprint density at radius 2 is 2.22 bits per heavy atom. The highest BCUT2D eigenvalue weighted by Gasteiger charge is 2.27. The molecule has 1 aromatic heterocycles. The Morgan fingerprint density at radius 1 is 1.33 bits per heavy atom. The molecule has 1 unspecified atom stereocenters. The Hall–Kier alpha value is -2.54. The minimum absolute atomic E-state index is 0.135. The highest BCUT2D eigenvalue weighted by molar-refractivity contribution is 5.90. The van der Waals surface area contributed by atoms with Gasteiger partial charge in [0.1, 0.15) is 0 Å². The number of carbonyl (C=O) groups is 1. The molecule has 0 aliphatic heterocycles. The lowest BCUT2D eigenvalue weighted by Crippen LogP contribution is -2.32. The molecule has 1 atom stereocenters. The van der Waals surface area contributed by atoms with Crippen molar-refractivity contribution in [2.75, 3.05) is 19.7 Å². The average molecular weight is 367 g/mol. The number of aliphatic hydroxyl groups is 1. The van der Waals surface area contributed by atoms with Gasteiger partial charge in [0.05, 0.1) is 6.61 Å². The fourth-order valence-electron chi connectivity index (χ4n) is 3.68. The molecule has 0 saturated heterocycles. The largest absolute Gasteiger partial charge is 0.395 e. The van der Waals surface area contributed by atoms with Crippen molar-refractivity contribution in [2.45, 2.75) is 25.3 Å². The predicted molar refractivity (Wildman–Crippen MR) is 103 cm³/mol. The summed E-state index contributed by atoms with van der Waals surface area (Å²) in [6, 6.07) is 10.5. The van der Waals surface area contributed by atoms with Gasteiger partial charge in [-0.15, -0.1) is 0 Å². The van der Waals surface area contributed by atoms with Gasteiger partial charge >= 0.3 is 0 Å². The van der Waals surface area contributed by atoms with E-state index in [4.69, 9.17) is 5.21 Å². The lowest BCUT2D eigenvalue weighted by atomic mass is 10.0. The number of aryl methyl sites for hydroxylation is 1. The van der Waals surface area contributed by atoms with Crippen molar-refractivity contribution in [1.82, 2.24) is 15.4 Å². The second-order valence-electron chi connectivity index (χ2n) is 6.69. The topological polar surface area (TPSA) is 85.7 Å². The molecular formula is C21H25N3O3. The van der Waals surface area contributed by atoms with Gasteiger partial charge in [0.15, 0.2) is 0 Å². The maximum atomic E-state index is 11.1. The number of nitrogens with zero attached hydrogens (tertiary/aromatic N) is 2. The third-order valence-corrected chi connectivity index (χ3v) is 4.99. The van der Waals surface area contributed by atoms with Gasteiger partial charge in [0.2, 0.25) is 0 Å². The Bertz CT molecular complexity index is 793. The molecule has 0 fully saturated rings. The van der Waals surface area contributed by atoms with Crippen LogP contribution in [-0.4, -0.2) is 45.8 Å². The van der Waals surface area contributed by atoms with Crippen LogP contribution in [0.1, 0.15) is 34.7 Å². The minimum atomic E-state index is -0.544. The summed E-state index contributed by atoms with van der Waals surface area (Å²) in [7, 11) is 0. The van der Waals surface area contributed by atoms with Gasteiger partial charge in [-0.25, -0.2) is 5.48 Å². The number of aliphatic hydroxyl groups excluding tert-OH is 1. The SMILES string of the molecule is O=C(C=Cc1ccc2c(c1)CCC2N(CCO)CCc1cccnc1)NO. The number of amides is 1. The van der Waals surface area contributed by atoms with Crippen LogP contribution in [0.2, 0.25) is 0 Å². The summed E-state index contributed by atoms with van der Waals surface area (Å²) in [5.74, 6) is -0.544. The monoisotopic (exact) mass is 367 g/mol. The molecule has 1 heterocycles. The molecule has 1 aromatic carbocycles. The first-order chi connectivity index (χ1) is 13.2. The molecule has 0 spiro atoms. The molecule has 0 saturated carbocycles. The highest BCUT2D eigenvalue weighted by Crippen LogP contribution is 2.36. The van der Waals surface area contributed by atoms with E-state index in [9.17, 15) is 9.90 Å². The van der Waals surface area contributed by atoms with Crippen LogP contribution in [-0.2, 0) is 17.6 Å². The van der Waals surface area contributed by atoms with Crippen molar-refractivity contribution < 1.29 is 15.1 Å². The van der Waals surface area contributed by atoms with E-state index in [0.717, 1.165) is 31.4 Å². The molecule has 3 N–H and O–H groups in total. The van der Waals surface area contributed by atoms with Gasteiger partial charge in [-0.1, -0.05) is 24.3 Å². The van der Waals surface area contributed by atoms with Gasteiger partial charge in [0.25, 0.3) is 5.91 Å². The lowest BCUT2D eigenvalue weighted by molar-refractivity contribution is -0.124. The maximum Gasteiger partial charge on any atom is 0.267 e. The van der Waals surface area contributed by atoms with E-state index in [1.165, 1.54) is 22.8 Å². The van der Waals surface area contributed by atoms with Gasteiger partial charge in [-0.2, -0.15) is 0 Å². The van der Waals surface area contributed by atoms with Crippen molar-refractivity contribution in [2.24, 2.45) is 0 Å². The Kier molecular flexibility index (Phi) is 6.70. The van der Waals surface area contributed by atoms with Crippen LogP contribution in [0.4, 0.5) is 0 Å². The Morgan fingerprint density at radius 3 is 2.96 bits per heavy atom. The van der Waals surface area contributed by atoms with Crippen LogP contribution in [0.5, 0.6) is 0 Å². The fourth-order valence-corrected chi connectivity index (χ4v) is 3.68. The first-order valence-electron chi connectivity index (χ1n) is 9.20. The van der Waals surface area contributed by atoms with Crippen LogP contribution in [0.3, 0.4) is 0 Å². The van der Waals surface area contributed by atoms with Gasteiger partial charge in [-0.3, -0.25) is 19.9 Å². The number of pyridine rings is 1. The van der Waals surface area contributed by atoms with E-state index >= 15 is 0 Å². The molecule has 1 amide bonds. The summed E-state index contributed by atoms with van der Waals surface area (Å²) >= 11 is 0. The fraction of sp³-hybridized carbons (Fsp3) is 0.333. The number of carbonyl (C=O) groups excluding carboxylic acids is 1. The number of nitrogens with one attached hydrogen (secondary N) is 1. The third kappa shape index (κ3) is 5.01. The molecule has 1 aliphatic carbocycles. The molecule has 2 aromatic rings. The maximum absolute atomic E-state index is 11.1. The Balaban J connectivity index is 1.71. The van der Waals surface area contributed by atoms with E-state index in [2.05, 4.69) is 28.1 Å². The van der Waals surface area contributed by atoms with Gasteiger partial charge < -0.3 is 5.11 Å². The quantitative estimate of drug-likeness (QED) is 0.378. The third-order valence-electron chi connectivity index (χ3n) is 4.99. The minimum Gasteiger partial charge on any atom is -0.395 e. The molecule has 27 heavy (non-hydrogen) atoms. The van der Waals surface area contributed by atoms with Crippen LogP contribution in [0, 0.1) is 0 Å². The van der Waals surface area contributed by atoms with Crippen LogP contribution >= 0.6 is 0 Å². The van der Waals surface area contributed by atoms with Crippen molar-refractivity contribution in [1.29, 1.82) is 0 Å². The second kappa shape index (κ2) is 9.41. The van der Waals surface area contributed by atoms with E-state index < -0.39 is 5.91 Å². The van der Waals surface area contributed by atoms with Gasteiger partial charge in [-0.05, 0) is 53.7 Å². The van der Waals surface area contributed by atoms with Crippen molar-refractivity contribution >= 4 is 12.0 Å². The van der Waals surface area contributed by atoms with Gasteiger partial charge in [0, 0.05) is 37.6 Å². The van der Waals surface area contributed by atoms with Crippen LogP contribution in [0.25, 0.3) is 6.08 Å². The highest BCUT2D eigenvalue weighted by atomic mass is 16.5. The Labute approximate surface area is 159 Å². The summed E-state index contributed by atoms with van der Waals surface area (Å²) < 4.78 is 0. The zero-order chi connectivity index (χ0) is 19.1. The van der Waals surface area contributed by atoms with Crippen molar-refractivity contribution in [3.8, 4) is 0 Å². The molecule has 142 valence electrons. The van der Waals surface area contributed by atoms with E-state index in [1.807, 2.05) is 18.3 Å². The molecule has 1 aliphatic rings. The smallest absolute Gasteiger partial charge is 0.267 e. The number of aromatic nitrogens is 1. The number of hydrogen-bond acceptors (Lipinski definition) is 5. The molecular weight excluding hydrogens is 342 g/mol. The predicted octanol–water partition coefficient (Wildman–Crippen LogP) is 2.12. The summed E-state index contributed by atoms with van der Waals surface area (Å²) in [5.41, 5.74) is 6.28. The van der Waals surface area contributed by atoms with E-state index in [1.54, 1.807) is 17.8 Å². The molecule has 0 bridgehead atoms. The number of hydroxylamine groups is 1. The number of hydrogen-bond donors (Lipinski definition) is 3. The first-order valence-corrected chi connectivity index (χ1v) is 9.20. The molecule has 6 nitrogen and oxygen atoms in total. The zero-order valence-electron chi connectivity index (χ0n) is 15.2. The van der Waals surface area contributed by atoms with E-state index in [0.29, 0.717) is 12.6 Å². The second-order valence-corrected chi connectivity index (χ2v) is 6.69. The van der Waals surface area contributed by atoms with Crippen molar-refractivity contribution in [3.63, 3.8) is 0 Å². The van der Waals surface area contributed by atoms with Crippen molar-refractivity contribution in [3.05, 3.63) is 71.1 Å². The number of benzene rings is 1. The molecule has 6 heteroatoms. The normalized spacial score (nSPS) is 16.0. The van der Waals surface area contributed by atoms with Crippen LogP contribution in [0.15, 0.2) is 48.8 Å². The number of fused-ring (bicyclic) bond motifs is 1. The molecule has 0 radical (unpaired) electrons. The zero-order valence-corrected chi connectivity index (χ0v) is 15.2. The summed E-state index contributed by atoms with van der Waals surface area (Å²) in [6.07, 6.45) is 9.55. The number of rotatable bonds is 8. The first kappa shape index (κ1) is 19.2.